The summed E-state index contributed by atoms with van der Waals surface area (Å²) in [5.74, 6) is 1.67. The van der Waals surface area contributed by atoms with Crippen molar-refractivity contribution in [2.75, 3.05) is 31.0 Å². The Morgan fingerprint density at radius 1 is 1.33 bits per heavy atom. The zero-order valence-electron chi connectivity index (χ0n) is 5.80. The Bertz CT molecular complexity index is 121. The Balaban J connectivity index is 2.45. The molecule has 0 spiro atoms. The molecule has 2 nitrogen and oxygen atoms in total. The van der Waals surface area contributed by atoms with E-state index in [1.54, 1.807) is 0 Å². The second-order valence-corrected chi connectivity index (χ2v) is 6.20. The molecule has 0 N–H and O–H groups in total. The van der Waals surface area contributed by atoms with E-state index in [9.17, 15) is 4.21 Å². The summed E-state index contributed by atoms with van der Waals surface area (Å²) in [4.78, 5) is 0. The molecule has 0 radical (unpaired) electrons. The SMILES string of the molecule is C[SH]1(=O)CCCOCC1. The van der Waals surface area contributed by atoms with Crippen molar-refractivity contribution in [3.8, 4) is 0 Å². The van der Waals surface area contributed by atoms with Crippen LogP contribution in [0.15, 0.2) is 0 Å². The second kappa shape index (κ2) is 2.80. The lowest BCUT2D eigenvalue weighted by molar-refractivity contribution is 0.154. The Kier molecular flexibility index (Phi) is 2.24. The number of rotatable bonds is 0. The van der Waals surface area contributed by atoms with E-state index >= 15 is 0 Å². The minimum Gasteiger partial charge on any atom is -0.381 e. The normalized spacial score (nSPS) is 30.8. The van der Waals surface area contributed by atoms with Crippen molar-refractivity contribution in [2.24, 2.45) is 0 Å². The van der Waals surface area contributed by atoms with Gasteiger partial charge in [0.25, 0.3) is 0 Å². The maximum atomic E-state index is 11.4. The first kappa shape index (κ1) is 7.22. The molecule has 0 atom stereocenters. The van der Waals surface area contributed by atoms with E-state index in [2.05, 4.69) is 0 Å². The smallest absolute Gasteiger partial charge is 0.0562 e. The van der Waals surface area contributed by atoms with Crippen LogP contribution in [0.4, 0.5) is 0 Å². The minimum atomic E-state index is -1.76. The molecule has 1 saturated heterocycles. The average molecular weight is 150 g/mol. The van der Waals surface area contributed by atoms with Crippen LogP contribution in [0.25, 0.3) is 0 Å². The summed E-state index contributed by atoms with van der Waals surface area (Å²) in [6.45, 7) is 1.51. The fourth-order valence-electron chi connectivity index (χ4n) is 0.973. The van der Waals surface area contributed by atoms with E-state index in [1.807, 2.05) is 6.26 Å². The predicted molar refractivity (Wildman–Crippen MR) is 40.6 cm³/mol. The highest BCUT2D eigenvalue weighted by atomic mass is 32.2. The number of ether oxygens (including phenoxy) is 1. The van der Waals surface area contributed by atoms with Gasteiger partial charge in [-0.25, -0.2) is 0 Å². The largest absolute Gasteiger partial charge is 0.381 e. The van der Waals surface area contributed by atoms with Gasteiger partial charge in [-0.15, -0.1) is 9.93 Å². The van der Waals surface area contributed by atoms with Gasteiger partial charge in [0, 0.05) is 18.1 Å². The van der Waals surface area contributed by atoms with Gasteiger partial charge < -0.3 is 4.74 Å². The summed E-state index contributed by atoms with van der Waals surface area (Å²) in [7, 11) is -1.76. The fourth-order valence-corrected chi connectivity index (χ4v) is 2.51. The van der Waals surface area contributed by atoms with Crippen molar-refractivity contribution in [1.82, 2.24) is 0 Å². The zero-order valence-corrected chi connectivity index (χ0v) is 6.69. The van der Waals surface area contributed by atoms with E-state index in [0.29, 0.717) is 6.61 Å². The first-order chi connectivity index (χ1) is 4.21. The molecule has 0 aromatic heterocycles. The summed E-state index contributed by atoms with van der Waals surface area (Å²) >= 11 is 0. The van der Waals surface area contributed by atoms with Crippen LogP contribution in [0.2, 0.25) is 0 Å². The lowest BCUT2D eigenvalue weighted by atomic mass is 10.5. The van der Waals surface area contributed by atoms with E-state index in [-0.39, 0.29) is 0 Å². The third kappa shape index (κ3) is 2.45. The Morgan fingerprint density at radius 3 is 2.89 bits per heavy atom. The monoisotopic (exact) mass is 150 g/mol. The van der Waals surface area contributed by atoms with Crippen molar-refractivity contribution in [2.45, 2.75) is 6.42 Å². The van der Waals surface area contributed by atoms with Crippen molar-refractivity contribution in [3.05, 3.63) is 0 Å². The highest BCUT2D eigenvalue weighted by molar-refractivity contribution is 8.02. The van der Waals surface area contributed by atoms with E-state index in [4.69, 9.17) is 4.74 Å². The molecule has 3 heteroatoms. The average Bonchev–Trinajstić information content (AvgIpc) is 1.92. The van der Waals surface area contributed by atoms with Crippen molar-refractivity contribution in [3.63, 3.8) is 0 Å². The molecule has 1 rings (SSSR count). The fraction of sp³-hybridized carbons (Fsp3) is 1.00. The Hall–Kier alpha value is 0.110. The van der Waals surface area contributed by atoms with Gasteiger partial charge in [-0.3, -0.25) is 4.21 Å². The van der Waals surface area contributed by atoms with Crippen LogP contribution in [-0.2, 0) is 14.7 Å². The summed E-state index contributed by atoms with van der Waals surface area (Å²) in [5.41, 5.74) is 0. The van der Waals surface area contributed by atoms with Gasteiger partial charge in [0.05, 0.1) is 6.61 Å². The molecule has 0 saturated carbocycles. The topological polar surface area (TPSA) is 26.3 Å². The van der Waals surface area contributed by atoms with E-state index < -0.39 is 9.93 Å². The van der Waals surface area contributed by atoms with Gasteiger partial charge >= 0.3 is 0 Å². The molecule has 0 aromatic carbocycles. The second-order valence-electron chi connectivity index (χ2n) is 2.71. The number of thiol groups is 1. The van der Waals surface area contributed by atoms with Crippen molar-refractivity contribution >= 4 is 9.93 Å². The molecule has 0 bridgehead atoms. The molecular formula is C6H14O2S. The van der Waals surface area contributed by atoms with Crippen LogP contribution in [0, 0.1) is 0 Å². The molecule has 1 aliphatic rings. The molecule has 1 heterocycles. The van der Waals surface area contributed by atoms with Crippen molar-refractivity contribution < 1.29 is 8.95 Å². The molecule has 1 aliphatic heterocycles. The molecule has 0 aromatic rings. The van der Waals surface area contributed by atoms with Gasteiger partial charge in [-0.05, 0) is 12.7 Å². The van der Waals surface area contributed by atoms with E-state index in [1.165, 1.54) is 0 Å². The predicted octanol–water partition coefficient (Wildman–Crippen LogP) is 0.0532. The van der Waals surface area contributed by atoms with Crippen LogP contribution >= 0.6 is 0 Å². The van der Waals surface area contributed by atoms with Crippen LogP contribution in [0.5, 0.6) is 0 Å². The molecule has 1 fully saturated rings. The Labute approximate surface area is 57.0 Å². The molecule has 0 unspecified atom stereocenters. The minimum absolute atomic E-state index is 0.702. The molecule has 0 aliphatic carbocycles. The summed E-state index contributed by atoms with van der Waals surface area (Å²) in [6, 6.07) is 0. The molecule has 0 amide bonds. The first-order valence-corrected chi connectivity index (χ1v) is 5.86. The third-order valence-electron chi connectivity index (χ3n) is 1.63. The maximum absolute atomic E-state index is 11.4. The molecule has 9 heavy (non-hydrogen) atoms. The molecular weight excluding hydrogens is 136 g/mol. The zero-order chi connectivity index (χ0) is 6.74. The van der Waals surface area contributed by atoms with Gasteiger partial charge in [0.2, 0.25) is 0 Å². The Morgan fingerprint density at radius 2 is 2.11 bits per heavy atom. The summed E-state index contributed by atoms with van der Waals surface area (Å²) < 4.78 is 16.5. The standard InChI is InChI=1S/C6H14O2S/c1-9(7)5-2-3-8-4-6-9/h9H,2-6H2,1H3. The van der Waals surface area contributed by atoms with Crippen LogP contribution in [0.3, 0.4) is 0 Å². The summed E-state index contributed by atoms with van der Waals surface area (Å²) in [6.07, 6.45) is 2.86. The van der Waals surface area contributed by atoms with E-state index in [0.717, 1.165) is 24.5 Å². The number of hydrogen-bond acceptors (Lipinski definition) is 2. The molecule has 56 valence electrons. The van der Waals surface area contributed by atoms with Crippen molar-refractivity contribution in [1.29, 1.82) is 0 Å². The van der Waals surface area contributed by atoms with Gasteiger partial charge in [-0.1, -0.05) is 0 Å². The lowest BCUT2D eigenvalue weighted by Crippen LogP contribution is -2.18. The first-order valence-electron chi connectivity index (χ1n) is 3.34. The van der Waals surface area contributed by atoms with Gasteiger partial charge in [0.1, 0.15) is 0 Å². The van der Waals surface area contributed by atoms with Crippen LogP contribution < -0.4 is 0 Å². The lowest BCUT2D eigenvalue weighted by Gasteiger charge is -2.12. The number of hydrogen-bond donors (Lipinski definition) is 1. The van der Waals surface area contributed by atoms with Crippen LogP contribution in [-0.4, -0.2) is 35.2 Å². The maximum Gasteiger partial charge on any atom is 0.0562 e. The highest BCUT2D eigenvalue weighted by Crippen LogP contribution is 2.05. The third-order valence-corrected chi connectivity index (χ3v) is 4.02. The highest BCUT2D eigenvalue weighted by Gasteiger charge is 2.11. The quantitative estimate of drug-likeness (QED) is 0.494. The van der Waals surface area contributed by atoms with Gasteiger partial charge in [-0.2, -0.15) is 0 Å². The summed E-state index contributed by atoms with van der Waals surface area (Å²) in [5, 5.41) is 0. The van der Waals surface area contributed by atoms with Gasteiger partial charge in [0.15, 0.2) is 0 Å². The van der Waals surface area contributed by atoms with Crippen LogP contribution in [0.1, 0.15) is 6.42 Å².